The van der Waals surface area contributed by atoms with Gasteiger partial charge >= 0.3 is 6.61 Å². The van der Waals surface area contributed by atoms with Crippen molar-refractivity contribution in [2.75, 3.05) is 11.1 Å². The van der Waals surface area contributed by atoms with Gasteiger partial charge in [0.25, 0.3) is 5.56 Å². The van der Waals surface area contributed by atoms with Crippen molar-refractivity contribution < 1.29 is 18.3 Å². The molecule has 4 aromatic rings. The highest BCUT2D eigenvalue weighted by molar-refractivity contribution is 7.99. The maximum Gasteiger partial charge on any atom is 0.387 e. The minimum absolute atomic E-state index is 0.000137. The number of aryl methyl sites for hydroxylation is 1. The van der Waals surface area contributed by atoms with Gasteiger partial charge in [0.1, 0.15) is 5.75 Å². The van der Waals surface area contributed by atoms with Gasteiger partial charge in [0.2, 0.25) is 5.91 Å². The van der Waals surface area contributed by atoms with Gasteiger partial charge in [-0.1, -0.05) is 41.6 Å². The Hall–Kier alpha value is -3.72. The molecule has 168 valence electrons. The lowest BCUT2D eigenvalue weighted by Crippen LogP contribution is -2.23. The molecule has 0 spiro atoms. The number of nitrogens with zero attached hydrogens (tertiary/aromatic N) is 2. The van der Waals surface area contributed by atoms with Crippen LogP contribution in [-0.2, 0) is 4.79 Å². The number of nitrogens with one attached hydrogen (secondary N) is 1. The van der Waals surface area contributed by atoms with Crippen LogP contribution in [-0.4, -0.2) is 27.8 Å². The number of alkyl halides is 2. The SMILES string of the molecule is Cc1ccc(-n2c(SCC(=O)Nc3ccc(OC(F)F)cc3)nc3ccccc3c2=O)cc1. The van der Waals surface area contributed by atoms with E-state index in [0.717, 1.165) is 17.3 Å². The number of thioether (sulfide) groups is 1. The second-order valence-corrected chi connectivity index (χ2v) is 8.07. The molecule has 0 unspecified atom stereocenters. The number of ether oxygens (including phenoxy) is 1. The minimum Gasteiger partial charge on any atom is -0.435 e. The van der Waals surface area contributed by atoms with Gasteiger partial charge in [-0.15, -0.1) is 0 Å². The molecule has 1 heterocycles. The lowest BCUT2D eigenvalue weighted by atomic mass is 10.2. The monoisotopic (exact) mass is 467 g/mol. The molecule has 3 aromatic carbocycles. The maximum atomic E-state index is 13.2. The van der Waals surface area contributed by atoms with Crippen LogP contribution in [0, 0.1) is 6.92 Å². The van der Waals surface area contributed by atoms with Gasteiger partial charge in [-0.3, -0.25) is 14.2 Å². The van der Waals surface area contributed by atoms with E-state index < -0.39 is 6.61 Å². The number of hydrogen-bond donors (Lipinski definition) is 1. The summed E-state index contributed by atoms with van der Waals surface area (Å²) in [5, 5.41) is 3.56. The zero-order chi connectivity index (χ0) is 23.4. The van der Waals surface area contributed by atoms with Crippen LogP contribution in [0.3, 0.4) is 0 Å². The third-order valence-electron chi connectivity index (χ3n) is 4.73. The molecule has 0 radical (unpaired) electrons. The molecule has 1 N–H and O–H groups in total. The first kappa shape index (κ1) is 22.5. The summed E-state index contributed by atoms with van der Waals surface area (Å²) in [6.45, 7) is -0.959. The lowest BCUT2D eigenvalue weighted by molar-refractivity contribution is -0.113. The summed E-state index contributed by atoms with van der Waals surface area (Å²) in [5.41, 5.74) is 2.47. The standard InChI is InChI=1S/C24H19F2N3O3S/c1-15-6-10-17(11-7-15)29-22(31)19-4-2-3-5-20(19)28-24(29)33-14-21(30)27-16-8-12-18(13-9-16)32-23(25)26/h2-13,23H,14H2,1H3,(H,27,30). The van der Waals surface area contributed by atoms with Crippen molar-refractivity contribution in [3.8, 4) is 11.4 Å². The molecule has 9 heteroatoms. The van der Waals surface area contributed by atoms with Crippen LogP contribution in [0.5, 0.6) is 5.75 Å². The summed E-state index contributed by atoms with van der Waals surface area (Å²) in [6, 6.07) is 20.1. The third kappa shape index (κ3) is 5.38. The Morgan fingerprint density at radius 2 is 1.76 bits per heavy atom. The molecule has 0 atom stereocenters. The van der Waals surface area contributed by atoms with E-state index in [1.807, 2.05) is 31.2 Å². The second-order valence-electron chi connectivity index (χ2n) is 7.13. The predicted molar refractivity (Wildman–Crippen MR) is 125 cm³/mol. The van der Waals surface area contributed by atoms with Crippen LogP contribution in [0.1, 0.15) is 5.56 Å². The molecule has 0 aliphatic rings. The maximum absolute atomic E-state index is 13.2. The first-order valence-corrected chi connectivity index (χ1v) is 11.0. The average Bonchev–Trinajstić information content (AvgIpc) is 2.80. The molecular weight excluding hydrogens is 448 g/mol. The molecule has 0 saturated heterocycles. The number of rotatable bonds is 7. The van der Waals surface area contributed by atoms with Gasteiger partial charge in [-0.25, -0.2) is 4.98 Å². The minimum atomic E-state index is -2.91. The number of hydrogen-bond acceptors (Lipinski definition) is 5. The quantitative estimate of drug-likeness (QED) is 0.305. The number of carbonyl (C=O) groups is 1. The molecule has 0 saturated carbocycles. The van der Waals surface area contributed by atoms with E-state index in [0.29, 0.717) is 27.4 Å². The Kier molecular flexibility index (Phi) is 6.69. The molecular formula is C24H19F2N3O3S. The van der Waals surface area contributed by atoms with Crippen molar-refractivity contribution in [2.45, 2.75) is 18.7 Å². The first-order valence-electron chi connectivity index (χ1n) is 9.97. The van der Waals surface area contributed by atoms with E-state index in [1.54, 1.807) is 24.3 Å². The van der Waals surface area contributed by atoms with Crippen LogP contribution in [0.25, 0.3) is 16.6 Å². The molecule has 0 fully saturated rings. The van der Waals surface area contributed by atoms with Gasteiger partial charge in [0.05, 0.1) is 22.3 Å². The Morgan fingerprint density at radius 3 is 2.45 bits per heavy atom. The summed E-state index contributed by atoms with van der Waals surface area (Å²) < 4.78 is 30.3. The van der Waals surface area contributed by atoms with Gasteiger partial charge in [0.15, 0.2) is 5.16 Å². The Balaban J connectivity index is 1.56. The number of para-hydroxylation sites is 1. The fraction of sp³-hybridized carbons (Fsp3) is 0.125. The number of aromatic nitrogens is 2. The molecule has 33 heavy (non-hydrogen) atoms. The summed E-state index contributed by atoms with van der Waals surface area (Å²) in [7, 11) is 0. The summed E-state index contributed by atoms with van der Waals surface area (Å²) in [4.78, 5) is 30.3. The van der Waals surface area contributed by atoms with E-state index in [4.69, 9.17) is 0 Å². The second kappa shape index (κ2) is 9.83. The largest absolute Gasteiger partial charge is 0.435 e. The summed E-state index contributed by atoms with van der Waals surface area (Å²) >= 11 is 1.13. The molecule has 6 nitrogen and oxygen atoms in total. The predicted octanol–water partition coefficient (Wildman–Crippen LogP) is 5.03. The van der Waals surface area contributed by atoms with E-state index in [-0.39, 0.29) is 23.0 Å². The molecule has 1 amide bonds. The highest BCUT2D eigenvalue weighted by Gasteiger charge is 2.15. The normalized spacial score (nSPS) is 11.0. The Morgan fingerprint density at radius 1 is 1.06 bits per heavy atom. The van der Waals surface area contributed by atoms with E-state index >= 15 is 0 Å². The lowest BCUT2D eigenvalue weighted by Gasteiger charge is -2.13. The Labute approximate surface area is 192 Å². The van der Waals surface area contributed by atoms with Crippen LogP contribution >= 0.6 is 11.8 Å². The molecule has 4 rings (SSSR count). The van der Waals surface area contributed by atoms with Crippen LogP contribution in [0.4, 0.5) is 14.5 Å². The number of anilines is 1. The van der Waals surface area contributed by atoms with Gasteiger partial charge < -0.3 is 10.1 Å². The Bertz CT molecular complexity index is 1340. The fourth-order valence-electron chi connectivity index (χ4n) is 3.18. The fourth-order valence-corrected chi connectivity index (χ4v) is 3.99. The summed E-state index contributed by atoms with van der Waals surface area (Å²) in [5.74, 6) is -0.341. The zero-order valence-corrected chi connectivity index (χ0v) is 18.3. The smallest absolute Gasteiger partial charge is 0.387 e. The van der Waals surface area contributed by atoms with E-state index in [2.05, 4.69) is 15.0 Å². The van der Waals surface area contributed by atoms with Crippen molar-refractivity contribution in [1.29, 1.82) is 0 Å². The van der Waals surface area contributed by atoms with Crippen molar-refractivity contribution in [3.63, 3.8) is 0 Å². The molecule has 0 aliphatic heterocycles. The topological polar surface area (TPSA) is 73.2 Å². The number of halogens is 2. The number of fused-ring (bicyclic) bond motifs is 1. The summed E-state index contributed by atoms with van der Waals surface area (Å²) in [6.07, 6.45) is 0. The van der Waals surface area contributed by atoms with Crippen LogP contribution < -0.4 is 15.6 Å². The zero-order valence-electron chi connectivity index (χ0n) is 17.5. The molecule has 1 aromatic heterocycles. The van der Waals surface area contributed by atoms with Crippen molar-refractivity contribution >= 4 is 34.3 Å². The first-order chi connectivity index (χ1) is 15.9. The number of amides is 1. The van der Waals surface area contributed by atoms with Crippen molar-refractivity contribution in [2.24, 2.45) is 0 Å². The van der Waals surface area contributed by atoms with Gasteiger partial charge in [0, 0.05) is 5.69 Å². The highest BCUT2D eigenvalue weighted by Crippen LogP contribution is 2.23. The van der Waals surface area contributed by atoms with Gasteiger partial charge in [-0.2, -0.15) is 8.78 Å². The van der Waals surface area contributed by atoms with E-state index in [9.17, 15) is 18.4 Å². The van der Waals surface area contributed by atoms with E-state index in [1.165, 1.54) is 28.8 Å². The van der Waals surface area contributed by atoms with Gasteiger partial charge in [-0.05, 0) is 55.5 Å². The average molecular weight is 467 g/mol. The number of carbonyl (C=O) groups excluding carboxylic acids is 1. The molecule has 0 aliphatic carbocycles. The van der Waals surface area contributed by atoms with Crippen molar-refractivity contribution in [1.82, 2.24) is 9.55 Å². The molecule has 0 bridgehead atoms. The third-order valence-corrected chi connectivity index (χ3v) is 5.67. The van der Waals surface area contributed by atoms with Crippen molar-refractivity contribution in [3.05, 3.63) is 88.7 Å². The highest BCUT2D eigenvalue weighted by atomic mass is 32.2. The van der Waals surface area contributed by atoms with Crippen LogP contribution in [0.2, 0.25) is 0 Å². The number of benzene rings is 3. The van der Waals surface area contributed by atoms with Crippen LogP contribution in [0.15, 0.2) is 82.7 Å².